The summed E-state index contributed by atoms with van der Waals surface area (Å²) in [5.41, 5.74) is 2.61. The summed E-state index contributed by atoms with van der Waals surface area (Å²) in [6, 6.07) is 24.3. The summed E-state index contributed by atoms with van der Waals surface area (Å²) in [6.07, 6.45) is 0.401. The van der Waals surface area contributed by atoms with Gasteiger partial charge in [-0.2, -0.15) is 0 Å². The second-order valence-corrected chi connectivity index (χ2v) is 10.6. The minimum absolute atomic E-state index is 0.165. The molecule has 0 saturated carbocycles. The molecule has 3 aromatic carbocycles. The molecule has 0 radical (unpaired) electrons. The summed E-state index contributed by atoms with van der Waals surface area (Å²) in [7, 11) is 0. The molecule has 35 heavy (non-hydrogen) atoms. The van der Waals surface area contributed by atoms with E-state index in [1.807, 2.05) is 94.4 Å². The van der Waals surface area contributed by atoms with Crippen LogP contribution in [0.2, 0.25) is 0 Å². The van der Waals surface area contributed by atoms with Crippen molar-refractivity contribution < 1.29 is 14.3 Å². The van der Waals surface area contributed by atoms with E-state index in [2.05, 4.69) is 21.2 Å². The fraction of sp³-hybridized carbons (Fsp3) is 0.310. The number of carbonyl (C=O) groups excluding carboxylic acids is 2. The Morgan fingerprint density at radius 3 is 2.20 bits per heavy atom. The number of hydrogen-bond acceptors (Lipinski definition) is 3. The molecule has 3 aromatic rings. The zero-order valence-electron chi connectivity index (χ0n) is 20.8. The van der Waals surface area contributed by atoms with Gasteiger partial charge in [-0.25, -0.2) is 0 Å². The molecule has 6 heteroatoms. The Morgan fingerprint density at radius 2 is 1.57 bits per heavy atom. The van der Waals surface area contributed by atoms with Gasteiger partial charge in [0.1, 0.15) is 11.8 Å². The smallest absolute Gasteiger partial charge is 0.261 e. The van der Waals surface area contributed by atoms with Gasteiger partial charge >= 0.3 is 0 Å². The van der Waals surface area contributed by atoms with Gasteiger partial charge in [0.15, 0.2) is 6.61 Å². The van der Waals surface area contributed by atoms with Gasteiger partial charge in [0.2, 0.25) is 5.91 Å². The molecular weight excluding hydrogens is 504 g/mol. The molecule has 1 atom stereocenters. The lowest BCUT2D eigenvalue weighted by Gasteiger charge is -2.34. The number of carbonyl (C=O) groups is 2. The molecule has 0 heterocycles. The number of rotatable bonds is 9. The first-order valence-corrected chi connectivity index (χ1v) is 12.5. The van der Waals surface area contributed by atoms with Gasteiger partial charge in [-0.15, -0.1) is 0 Å². The molecule has 0 aliphatic rings. The average molecular weight is 537 g/mol. The molecule has 184 valence electrons. The molecule has 1 N–H and O–H groups in total. The Hall–Kier alpha value is -3.12. The Bertz CT molecular complexity index is 1120. The highest BCUT2D eigenvalue weighted by Crippen LogP contribution is 2.20. The summed E-state index contributed by atoms with van der Waals surface area (Å²) in [5, 5.41) is 3.08. The second-order valence-electron chi connectivity index (χ2n) is 9.64. The lowest BCUT2D eigenvalue weighted by molar-refractivity contribution is -0.143. The van der Waals surface area contributed by atoms with Gasteiger partial charge in [-0.1, -0.05) is 70.5 Å². The summed E-state index contributed by atoms with van der Waals surface area (Å²) in [4.78, 5) is 28.8. The molecule has 0 aliphatic carbocycles. The number of aryl methyl sites for hydroxylation is 1. The van der Waals surface area contributed by atoms with E-state index >= 15 is 0 Å². The lowest BCUT2D eigenvalue weighted by atomic mass is 10.00. The molecule has 0 saturated heterocycles. The van der Waals surface area contributed by atoms with Crippen molar-refractivity contribution in [3.63, 3.8) is 0 Å². The van der Waals surface area contributed by atoms with Crippen LogP contribution in [0.15, 0.2) is 83.3 Å². The van der Waals surface area contributed by atoms with Crippen molar-refractivity contribution in [2.75, 3.05) is 6.61 Å². The maximum atomic E-state index is 13.6. The van der Waals surface area contributed by atoms with Crippen molar-refractivity contribution in [1.82, 2.24) is 10.2 Å². The normalized spacial score (nSPS) is 12.0. The van der Waals surface area contributed by atoms with E-state index in [0.717, 1.165) is 21.2 Å². The number of hydrogen-bond donors (Lipinski definition) is 1. The van der Waals surface area contributed by atoms with Crippen LogP contribution in [0.3, 0.4) is 0 Å². The Morgan fingerprint density at radius 1 is 0.943 bits per heavy atom. The molecule has 0 aromatic heterocycles. The van der Waals surface area contributed by atoms with Crippen molar-refractivity contribution in [2.24, 2.45) is 0 Å². The van der Waals surface area contributed by atoms with Crippen LogP contribution in [0, 0.1) is 6.92 Å². The van der Waals surface area contributed by atoms with Crippen LogP contribution in [0.1, 0.15) is 37.5 Å². The number of amides is 2. The van der Waals surface area contributed by atoms with Crippen LogP contribution in [0.5, 0.6) is 5.75 Å². The molecule has 0 aliphatic heterocycles. The Balaban J connectivity index is 1.93. The first-order chi connectivity index (χ1) is 16.6. The zero-order chi connectivity index (χ0) is 25.4. The number of halogens is 1. The minimum Gasteiger partial charge on any atom is -0.484 e. The zero-order valence-corrected chi connectivity index (χ0v) is 22.3. The van der Waals surface area contributed by atoms with Crippen molar-refractivity contribution >= 4 is 27.7 Å². The van der Waals surface area contributed by atoms with E-state index in [1.165, 1.54) is 0 Å². The van der Waals surface area contributed by atoms with Gasteiger partial charge in [-0.05, 0) is 68.7 Å². The highest BCUT2D eigenvalue weighted by Gasteiger charge is 2.32. The SMILES string of the molecule is Cc1ccccc1CN(C(=O)COc1ccc(Br)cc1)C(Cc1ccccc1)C(=O)NC(C)(C)C. The topological polar surface area (TPSA) is 58.6 Å². The van der Waals surface area contributed by atoms with E-state index in [1.54, 1.807) is 17.0 Å². The highest BCUT2D eigenvalue weighted by atomic mass is 79.9. The van der Waals surface area contributed by atoms with E-state index in [9.17, 15) is 9.59 Å². The number of nitrogens with one attached hydrogen (secondary N) is 1. The van der Waals surface area contributed by atoms with E-state index in [0.29, 0.717) is 18.7 Å². The molecule has 3 rings (SSSR count). The maximum Gasteiger partial charge on any atom is 0.261 e. The Labute approximate surface area is 216 Å². The third-order valence-electron chi connectivity index (χ3n) is 5.55. The first kappa shape index (κ1) is 26.5. The monoisotopic (exact) mass is 536 g/mol. The van der Waals surface area contributed by atoms with Crippen LogP contribution in [0.25, 0.3) is 0 Å². The van der Waals surface area contributed by atoms with Crippen molar-refractivity contribution in [2.45, 2.75) is 52.2 Å². The fourth-order valence-corrected chi connectivity index (χ4v) is 4.00. The van der Waals surface area contributed by atoms with Crippen LogP contribution < -0.4 is 10.1 Å². The molecule has 0 bridgehead atoms. The van der Waals surface area contributed by atoms with E-state index in [4.69, 9.17) is 4.74 Å². The molecule has 1 unspecified atom stereocenters. The average Bonchev–Trinajstić information content (AvgIpc) is 2.81. The highest BCUT2D eigenvalue weighted by molar-refractivity contribution is 9.10. The van der Waals surface area contributed by atoms with E-state index in [-0.39, 0.29) is 18.4 Å². The summed E-state index contributed by atoms with van der Waals surface area (Å²) in [5.74, 6) is 0.157. The standard InChI is InChI=1S/C29H33BrN2O3/c1-21-10-8-9-13-23(21)19-32(27(33)20-35-25-16-14-24(30)15-17-25)26(28(34)31-29(2,3)4)18-22-11-6-5-7-12-22/h5-17,26H,18-20H2,1-4H3,(H,31,34). The molecular formula is C29H33BrN2O3. The summed E-state index contributed by atoms with van der Waals surface area (Å²) in [6.45, 7) is 7.97. The number of benzene rings is 3. The van der Waals surface area contributed by atoms with Gasteiger partial charge in [-0.3, -0.25) is 9.59 Å². The van der Waals surface area contributed by atoms with Gasteiger partial charge in [0.25, 0.3) is 5.91 Å². The quantitative estimate of drug-likeness (QED) is 0.382. The van der Waals surface area contributed by atoms with Crippen molar-refractivity contribution in [3.05, 3.63) is 100 Å². The third kappa shape index (κ3) is 8.25. The van der Waals surface area contributed by atoms with Gasteiger partial charge in [0.05, 0.1) is 0 Å². The maximum absolute atomic E-state index is 13.6. The van der Waals surface area contributed by atoms with Crippen LogP contribution in [-0.4, -0.2) is 34.9 Å². The molecule has 0 fully saturated rings. The lowest BCUT2D eigenvalue weighted by Crippen LogP contribution is -2.55. The Kier molecular flexibility index (Phi) is 9.10. The number of nitrogens with zero attached hydrogens (tertiary/aromatic N) is 1. The number of ether oxygens (including phenoxy) is 1. The molecule has 0 spiro atoms. The van der Waals surface area contributed by atoms with Crippen LogP contribution in [-0.2, 0) is 22.6 Å². The molecule has 5 nitrogen and oxygen atoms in total. The second kappa shape index (κ2) is 12.0. The van der Waals surface area contributed by atoms with Crippen LogP contribution in [0.4, 0.5) is 0 Å². The minimum atomic E-state index is -0.697. The largest absolute Gasteiger partial charge is 0.484 e. The molecule has 2 amide bonds. The first-order valence-electron chi connectivity index (χ1n) is 11.7. The van der Waals surface area contributed by atoms with Gasteiger partial charge < -0.3 is 15.0 Å². The summed E-state index contributed by atoms with van der Waals surface area (Å²) < 4.78 is 6.74. The van der Waals surface area contributed by atoms with Crippen molar-refractivity contribution in [1.29, 1.82) is 0 Å². The predicted octanol–water partition coefficient (Wildman–Crippen LogP) is 5.69. The van der Waals surface area contributed by atoms with Gasteiger partial charge in [0, 0.05) is 23.0 Å². The van der Waals surface area contributed by atoms with Crippen LogP contribution >= 0.6 is 15.9 Å². The van der Waals surface area contributed by atoms with E-state index < -0.39 is 11.6 Å². The van der Waals surface area contributed by atoms with Crippen molar-refractivity contribution in [3.8, 4) is 5.75 Å². The fourth-order valence-electron chi connectivity index (χ4n) is 3.74. The summed E-state index contributed by atoms with van der Waals surface area (Å²) >= 11 is 3.41. The predicted molar refractivity (Wildman–Crippen MR) is 143 cm³/mol. The third-order valence-corrected chi connectivity index (χ3v) is 6.08.